The molecular formula is C74H123NO18. The molecule has 3 aliphatic rings. The minimum Gasteiger partial charge on any atom is -0.394 e. The fourth-order valence-corrected chi connectivity index (χ4v) is 11.2. The van der Waals surface area contributed by atoms with Crippen molar-refractivity contribution < 1.29 is 89.4 Å². The van der Waals surface area contributed by atoms with E-state index in [0.29, 0.717) is 12.8 Å². The zero-order chi connectivity index (χ0) is 67.5. The second-order valence-corrected chi connectivity index (χ2v) is 24.6. The normalized spacial score (nSPS) is 28.3. The van der Waals surface area contributed by atoms with Gasteiger partial charge in [-0.1, -0.05) is 225 Å². The topological polar surface area (TPSA) is 307 Å². The highest BCUT2D eigenvalue weighted by Crippen LogP contribution is 2.33. The van der Waals surface area contributed by atoms with E-state index in [9.17, 15) is 61.0 Å². The number of hydrogen-bond acceptors (Lipinski definition) is 18. The lowest BCUT2D eigenvalue weighted by atomic mass is 9.96. The molecule has 0 aromatic rings. The minimum absolute atomic E-state index is 0.226. The molecule has 0 spiro atoms. The van der Waals surface area contributed by atoms with Gasteiger partial charge in [-0.3, -0.25) is 4.79 Å². The molecule has 3 aliphatic heterocycles. The highest BCUT2D eigenvalue weighted by Gasteiger charge is 2.53. The van der Waals surface area contributed by atoms with E-state index in [4.69, 9.17) is 28.4 Å². The lowest BCUT2D eigenvalue weighted by molar-refractivity contribution is -0.379. The lowest BCUT2D eigenvalue weighted by Crippen LogP contribution is -2.66. The summed E-state index contributed by atoms with van der Waals surface area (Å²) >= 11 is 0. The maximum absolute atomic E-state index is 13.3. The van der Waals surface area contributed by atoms with Gasteiger partial charge in [-0.05, 0) is 96.8 Å². The predicted molar refractivity (Wildman–Crippen MR) is 364 cm³/mol. The smallest absolute Gasteiger partial charge is 0.220 e. The summed E-state index contributed by atoms with van der Waals surface area (Å²) in [6.07, 6.45) is 48.2. The van der Waals surface area contributed by atoms with Gasteiger partial charge in [0.2, 0.25) is 5.91 Å². The van der Waals surface area contributed by atoms with E-state index in [0.717, 1.165) is 83.5 Å². The number of aliphatic hydroxyl groups excluding tert-OH is 11. The highest BCUT2D eigenvalue weighted by atomic mass is 16.8. The second kappa shape index (κ2) is 54.2. The molecule has 532 valence electrons. The van der Waals surface area contributed by atoms with Crippen LogP contribution >= 0.6 is 0 Å². The third-order valence-corrected chi connectivity index (χ3v) is 16.8. The summed E-state index contributed by atoms with van der Waals surface area (Å²) in [7, 11) is 0. The average Bonchev–Trinajstić information content (AvgIpc) is 0.900. The van der Waals surface area contributed by atoms with Crippen LogP contribution in [0.15, 0.2) is 122 Å². The van der Waals surface area contributed by atoms with Crippen molar-refractivity contribution in [1.29, 1.82) is 0 Å². The van der Waals surface area contributed by atoms with Gasteiger partial charge >= 0.3 is 0 Å². The van der Waals surface area contributed by atoms with Gasteiger partial charge in [-0.2, -0.15) is 0 Å². The maximum Gasteiger partial charge on any atom is 0.220 e. The Labute approximate surface area is 557 Å². The first-order chi connectivity index (χ1) is 45.3. The Hall–Kier alpha value is -3.81. The summed E-state index contributed by atoms with van der Waals surface area (Å²) < 4.78 is 34.2. The third-order valence-electron chi connectivity index (χ3n) is 16.8. The number of allylic oxidation sites excluding steroid dienone is 19. The van der Waals surface area contributed by atoms with Crippen molar-refractivity contribution in [3.63, 3.8) is 0 Å². The molecule has 19 heteroatoms. The van der Waals surface area contributed by atoms with Crippen LogP contribution in [-0.4, -0.2) is 193 Å². The molecule has 0 bridgehead atoms. The summed E-state index contributed by atoms with van der Waals surface area (Å²) in [5.41, 5.74) is 0. The van der Waals surface area contributed by atoms with E-state index in [2.05, 4.69) is 116 Å². The first kappa shape index (κ1) is 83.4. The van der Waals surface area contributed by atoms with Crippen LogP contribution < -0.4 is 5.32 Å². The number of nitrogens with one attached hydrogen (secondary N) is 1. The quantitative estimate of drug-likeness (QED) is 0.0199. The third kappa shape index (κ3) is 35.8. The first-order valence-corrected chi connectivity index (χ1v) is 35.3. The van der Waals surface area contributed by atoms with Crippen molar-refractivity contribution in [2.75, 3.05) is 26.4 Å². The molecule has 17 unspecified atom stereocenters. The molecule has 12 N–H and O–H groups in total. The molecule has 3 fully saturated rings. The molecule has 0 radical (unpaired) electrons. The van der Waals surface area contributed by atoms with Gasteiger partial charge < -0.3 is 89.9 Å². The van der Waals surface area contributed by atoms with Gasteiger partial charge in [0.25, 0.3) is 0 Å². The Kier molecular flexibility index (Phi) is 48.6. The number of carbonyl (C=O) groups excluding carboxylic acids is 1. The summed E-state index contributed by atoms with van der Waals surface area (Å²) in [5.74, 6) is -0.297. The molecule has 0 aromatic heterocycles. The molecule has 0 aliphatic carbocycles. The Morgan fingerprint density at radius 3 is 1.20 bits per heavy atom. The number of aliphatic hydroxyl groups is 11. The maximum atomic E-state index is 13.3. The molecule has 1 amide bonds. The molecule has 93 heavy (non-hydrogen) atoms. The highest BCUT2D eigenvalue weighted by molar-refractivity contribution is 5.76. The molecule has 0 aromatic carbocycles. The van der Waals surface area contributed by atoms with Crippen LogP contribution in [0.3, 0.4) is 0 Å². The molecule has 3 saturated heterocycles. The fraction of sp³-hybridized carbons (Fsp3) is 0.716. The summed E-state index contributed by atoms with van der Waals surface area (Å²) in [5, 5.41) is 120. The van der Waals surface area contributed by atoms with Crippen molar-refractivity contribution >= 4 is 5.91 Å². The molecule has 17 atom stereocenters. The summed E-state index contributed by atoms with van der Waals surface area (Å²) in [6, 6.07) is -1.000. The standard InChI is InChI=1S/C74H123NO18/c1-3-5-7-9-11-13-14-15-16-17-18-19-20-21-22-23-24-25-26-27-28-29-30-31-32-33-34-35-36-37-38-39-40-41-42-44-46-48-50-52-62(80)75-57(58(79)51-49-47-45-43-12-10-8-6-4-2)56-88-72-68(86)65(83)70(60(54-77)90-72)93-74-69(87)66(84)71(61(55-78)91-74)92-73-67(85)64(82)63(81)59(53-76)89-73/h4-7,11-13,15-16,18-19,21-22,24-25,27-28,43,49,51,57-61,63-74,76-79,81-87H,3,8-10,14,17,20,23,26,29-42,44-48,50,52-56H2,1-2H3,(H,75,80)/b6-4+,7-5-,13-11-,16-15-,19-18-,22-21-,25-24-,28-27-,43-12+,51-49+. The number of hydrogen-bond donors (Lipinski definition) is 12. The van der Waals surface area contributed by atoms with E-state index in [1.165, 1.54) is 89.9 Å². The van der Waals surface area contributed by atoms with Crippen molar-refractivity contribution in [1.82, 2.24) is 5.32 Å². The monoisotopic (exact) mass is 1310 g/mol. The van der Waals surface area contributed by atoms with Crippen LogP contribution in [0.1, 0.15) is 206 Å². The summed E-state index contributed by atoms with van der Waals surface area (Å²) in [4.78, 5) is 13.3. The largest absolute Gasteiger partial charge is 0.394 e. The SMILES string of the molecule is C/C=C/CC/C=C/CC/C=C/C(O)C(COC1OC(CO)C(OC2OC(CO)C(OC3OC(CO)C(O)C(O)C3O)C(O)C2O)C(O)C1O)NC(=O)CCCCCCCCCCCCCCCCCCC/C=C\C/C=C\C/C=C\C/C=C\C/C=C\C/C=C\C/C=C\CC. The molecular weight excluding hydrogens is 1190 g/mol. The Balaban J connectivity index is 1.29. The zero-order valence-corrected chi connectivity index (χ0v) is 56.2. The molecule has 3 rings (SSSR count). The van der Waals surface area contributed by atoms with E-state index in [1.807, 2.05) is 19.1 Å². The van der Waals surface area contributed by atoms with Crippen molar-refractivity contribution in [3.8, 4) is 0 Å². The number of ether oxygens (including phenoxy) is 6. The number of carbonyl (C=O) groups is 1. The second-order valence-electron chi connectivity index (χ2n) is 24.6. The fourth-order valence-electron chi connectivity index (χ4n) is 11.2. The van der Waals surface area contributed by atoms with Crippen molar-refractivity contribution in [2.24, 2.45) is 0 Å². The average molecular weight is 1310 g/mol. The van der Waals surface area contributed by atoms with E-state index in [1.54, 1.807) is 6.08 Å². The van der Waals surface area contributed by atoms with Crippen LogP contribution in [0.25, 0.3) is 0 Å². The van der Waals surface area contributed by atoms with Gasteiger partial charge in [0.05, 0.1) is 38.6 Å². The lowest BCUT2D eigenvalue weighted by Gasteiger charge is -2.48. The van der Waals surface area contributed by atoms with E-state index >= 15 is 0 Å². The number of unbranched alkanes of at least 4 members (excludes halogenated alkanes) is 19. The molecule has 3 heterocycles. The van der Waals surface area contributed by atoms with Crippen LogP contribution in [0.2, 0.25) is 0 Å². The Bertz CT molecular complexity index is 2160. The first-order valence-electron chi connectivity index (χ1n) is 35.3. The van der Waals surface area contributed by atoms with Crippen LogP contribution in [0.5, 0.6) is 0 Å². The van der Waals surface area contributed by atoms with Crippen LogP contribution in [-0.2, 0) is 33.2 Å². The van der Waals surface area contributed by atoms with Crippen LogP contribution in [0, 0.1) is 0 Å². The number of rotatable bonds is 52. The van der Waals surface area contributed by atoms with E-state index in [-0.39, 0.29) is 18.9 Å². The zero-order valence-electron chi connectivity index (χ0n) is 56.2. The molecule has 0 saturated carbocycles. The summed E-state index contributed by atoms with van der Waals surface area (Å²) in [6.45, 7) is 1.32. The van der Waals surface area contributed by atoms with Gasteiger partial charge in [0.15, 0.2) is 18.9 Å². The minimum atomic E-state index is -1.99. The van der Waals surface area contributed by atoms with Gasteiger partial charge in [0.1, 0.15) is 73.2 Å². The van der Waals surface area contributed by atoms with Crippen molar-refractivity contribution in [2.45, 2.75) is 311 Å². The van der Waals surface area contributed by atoms with Crippen LogP contribution in [0.4, 0.5) is 0 Å². The number of amides is 1. The molecule has 19 nitrogen and oxygen atoms in total. The Morgan fingerprint density at radius 1 is 0.409 bits per heavy atom. The predicted octanol–water partition coefficient (Wildman–Crippen LogP) is 9.60. The van der Waals surface area contributed by atoms with Gasteiger partial charge in [0, 0.05) is 6.42 Å². The van der Waals surface area contributed by atoms with E-state index < -0.39 is 124 Å². The van der Waals surface area contributed by atoms with Gasteiger partial charge in [-0.25, -0.2) is 0 Å². The van der Waals surface area contributed by atoms with Crippen molar-refractivity contribution in [3.05, 3.63) is 122 Å². The van der Waals surface area contributed by atoms with Gasteiger partial charge in [-0.15, -0.1) is 0 Å². The Morgan fingerprint density at radius 2 is 0.763 bits per heavy atom.